The smallest absolute Gasteiger partial charge is 0.251 e. The number of methoxy groups -OCH3 is 2. The van der Waals surface area contributed by atoms with Crippen LogP contribution in [0.2, 0.25) is 5.02 Å². The predicted molar refractivity (Wildman–Crippen MR) is 100 cm³/mol. The standard InChI is InChI=1S/C19H18ClN3O4/c1-25-15-7-6-12(11-16(15)26-2)18-22-17(27-23-18)8-9-21-19(24)13-4-3-5-14(20)10-13/h3-7,10-11H,8-9H2,1-2H3,(H,21,24). The summed E-state index contributed by atoms with van der Waals surface area (Å²) in [6.45, 7) is 0.360. The van der Waals surface area contributed by atoms with E-state index in [1.165, 1.54) is 0 Å². The Morgan fingerprint density at radius 2 is 1.96 bits per heavy atom. The van der Waals surface area contributed by atoms with Crippen molar-refractivity contribution in [2.45, 2.75) is 6.42 Å². The number of hydrogen-bond acceptors (Lipinski definition) is 6. The Labute approximate surface area is 161 Å². The van der Waals surface area contributed by atoms with Crippen molar-refractivity contribution in [3.8, 4) is 22.9 Å². The van der Waals surface area contributed by atoms with Crippen LogP contribution in [0.4, 0.5) is 0 Å². The number of carbonyl (C=O) groups excluding carboxylic acids is 1. The molecule has 1 heterocycles. The molecule has 0 saturated carbocycles. The molecule has 140 valence electrons. The minimum atomic E-state index is -0.211. The summed E-state index contributed by atoms with van der Waals surface area (Å²) in [4.78, 5) is 16.4. The van der Waals surface area contributed by atoms with Gasteiger partial charge in [-0.25, -0.2) is 0 Å². The fraction of sp³-hybridized carbons (Fsp3) is 0.211. The number of amides is 1. The zero-order valence-corrected chi connectivity index (χ0v) is 15.6. The number of halogens is 1. The van der Waals surface area contributed by atoms with Gasteiger partial charge in [0.25, 0.3) is 5.91 Å². The summed E-state index contributed by atoms with van der Waals surface area (Å²) in [5.41, 5.74) is 1.24. The lowest BCUT2D eigenvalue weighted by Gasteiger charge is -2.07. The maximum Gasteiger partial charge on any atom is 0.251 e. The van der Waals surface area contributed by atoms with Crippen molar-refractivity contribution in [1.29, 1.82) is 0 Å². The number of nitrogens with zero attached hydrogens (tertiary/aromatic N) is 2. The van der Waals surface area contributed by atoms with E-state index in [2.05, 4.69) is 15.5 Å². The van der Waals surface area contributed by atoms with Crippen LogP contribution >= 0.6 is 11.6 Å². The second kappa shape index (κ2) is 8.55. The van der Waals surface area contributed by atoms with Crippen molar-refractivity contribution in [2.24, 2.45) is 0 Å². The molecular weight excluding hydrogens is 370 g/mol. The monoisotopic (exact) mass is 387 g/mol. The number of carbonyl (C=O) groups is 1. The Balaban J connectivity index is 1.60. The summed E-state index contributed by atoms with van der Waals surface area (Å²) in [5.74, 6) is 1.85. The van der Waals surface area contributed by atoms with Gasteiger partial charge in [-0.3, -0.25) is 4.79 Å². The highest BCUT2D eigenvalue weighted by atomic mass is 35.5. The van der Waals surface area contributed by atoms with E-state index in [1.807, 2.05) is 6.07 Å². The van der Waals surface area contributed by atoms with E-state index >= 15 is 0 Å². The number of rotatable bonds is 7. The molecule has 3 aromatic rings. The maximum atomic E-state index is 12.1. The molecule has 0 saturated heterocycles. The molecule has 7 nitrogen and oxygen atoms in total. The fourth-order valence-corrected chi connectivity index (χ4v) is 2.65. The van der Waals surface area contributed by atoms with Crippen molar-refractivity contribution in [3.05, 3.63) is 58.9 Å². The van der Waals surface area contributed by atoms with Gasteiger partial charge in [0, 0.05) is 29.1 Å². The number of ether oxygens (including phenoxy) is 2. The Hall–Kier alpha value is -3.06. The van der Waals surface area contributed by atoms with Crippen molar-refractivity contribution in [1.82, 2.24) is 15.5 Å². The largest absolute Gasteiger partial charge is 0.493 e. The normalized spacial score (nSPS) is 10.5. The molecule has 0 aliphatic heterocycles. The van der Waals surface area contributed by atoms with E-state index < -0.39 is 0 Å². The predicted octanol–water partition coefficient (Wildman–Crippen LogP) is 3.38. The minimum Gasteiger partial charge on any atom is -0.493 e. The molecule has 0 spiro atoms. The first kappa shape index (κ1) is 18.7. The van der Waals surface area contributed by atoms with Crippen LogP contribution < -0.4 is 14.8 Å². The second-order valence-corrected chi connectivity index (χ2v) is 6.03. The average Bonchev–Trinajstić information content (AvgIpc) is 3.16. The van der Waals surface area contributed by atoms with E-state index in [1.54, 1.807) is 50.6 Å². The topological polar surface area (TPSA) is 86.5 Å². The fourth-order valence-electron chi connectivity index (χ4n) is 2.46. The van der Waals surface area contributed by atoms with Gasteiger partial charge >= 0.3 is 0 Å². The van der Waals surface area contributed by atoms with Crippen molar-refractivity contribution < 1.29 is 18.8 Å². The molecular formula is C19H18ClN3O4. The molecule has 1 N–H and O–H groups in total. The van der Waals surface area contributed by atoms with Crippen LogP contribution in [0.1, 0.15) is 16.2 Å². The highest BCUT2D eigenvalue weighted by molar-refractivity contribution is 6.30. The Bertz CT molecular complexity index is 942. The molecule has 1 amide bonds. The van der Waals surface area contributed by atoms with Crippen LogP contribution in [-0.4, -0.2) is 36.8 Å². The first-order valence-corrected chi connectivity index (χ1v) is 8.57. The van der Waals surface area contributed by atoms with Crippen LogP contribution in [0.5, 0.6) is 11.5 Å². The lowest BCUT2D eigenvalue weighted by atomic mass is 10.2. The van der Waals surface area contributed by atoms with Crippen LogP contribution in [0, 0.1) is 0 Å². The minimum absolute atomic E-state index is 0.211. The van der Waals surface area contributed by atoms with Crippen molar-refractivity contribution in [3.63, 3.8) is 0 Å². The van der Waals surface area contributed by atoms with E-state index in [0.717, 1.165) is 5.56 Å². The molecule has 0 atom stereocenters. The third kappa shape index (κ3) is 4.57. The van der Waals surface area contributed by atoms with E-state index in [9.17, 15) is 4.79 Å². The first-order chi connectivity index (χ1) is 13.1. The van der Waals surface area contributed by atoms with Gasteiger partial charge in [0.1, 0.15) is 0 Å². The molecule has 8 heteroatoms. The first-order valence-electron chi connectivity index (χ1n) is 8.19. The van der Waals surface area contributed by atoms with Gasteiger partial charge in [0.2, 0.25) is 11.7 Å². The molecule has 0 aliphatic carbocycles. The van der Waals surface area contributed by atoms with Gasteiger partial charge in [0.05, 0.1) is 14.2 Å². The SMILES string of the molecule is COc1ccc(-c2noc(CCNC(=O)c3cccc(Cl)c3)n2)cc1OC. The summed E-state index contributed by atoms with van der Waals surface area (Å²) in [6.07, 6.45) is 0.409. The summed E-state index contributed by atoms with van der Waals surface area (Å²) < 4.78 is 15.7. The van der Waals surface area contributed by atoms with Gasteiger partial charge in [-0.15, -0.1) is 0 Å². The van der Waals surface area contributed by atoms with Crippen LogP contribution in [-0.2, 0) is 6.42 Å². The summed E-state index contributed by atoms with van der Waals surface area (Å²) >= 11 is 5.89. The average molecular weight is 388 g/mol. The van der Waals surface area contributed by atoms with E-state index in [4.69, 9.17) is 25.6 Å². The zero-order valence-electron chi connectivity index (χ0n) is 14.9. The number of benzene rings is 2. The molecule has 0 radical (unpaired) electrons. The molecule has 0 unspecified atom stereocenters. The van der Waals surface area contributed by atoms with Gasteiger partial charge in [-0.2, -0.15) is 4.98 Å². The van der Waals surface area contributed by atoms with Crippen molar-refractivity contribution in [2.75, 3.05) is 20.8 Å². The quantitative estimate of drug-likeness (QED) is 0.668. The highest BCUT2D eigenvalue weighted by Crippen LogP contribution is 2.31. The lowest BCUT2D eigenvalue weighted by Crippen LogP contribution is -2.25. The number of hydrogen-bond donors (Lipinski definition) is 1. The van der Waals surface area contributed by atoms with Crippen LogP contribution in [0.15, 0.2) is 47.0 Å². The van der Waals surface area contributed by atoms with E-state index in [0.29, 0.717) is 46.8 Å². The van der Waals surface area contributed by atoms with Crippen LogP contribution in [0.3, 0.4) is 0 Å². The van der Waals surface area contributed by atoms with Gasteiger partial charge in [-0.05, 0) is 36.4 Å². The van der Waals surface area contributed by atoms with Gasteiger partial charge < -0.3 is 19.3 Å². The lowest BCUT2D eigenvalue weighted by molar-refractivity contribution is 0.0953. The van der Waals surface area contributed by atoms with E-state index in [-0.39, 0.29) is 5.91 Å². The molecule has 27 heavy (non-hydrogen) atoms. The molecule has 2 aromatic carbocycles. The highest BCUT2D eigenvalue weighted by Gasteiger charge is 2.13. The molecule has 1 aromatic heterocycles. The molecule has 0 bridgehead atoms. The Morgan fingerprint density at radius 3 is 2.70 bits per heavy atom. The zero-order chi connectivity index (χ0) is 19.2. The van der Waals surface area contributed by atoms with Gasteiger partial charge in [0.15, 0.2) is 11.5 Å². The maximum absolute atomic E-state index is 12.1. The third-order valence-electron chi connectivity index (χ3n) is 3.82. The summed E-state index contributed by atoms with van der Waals surface area (Å²) in [7, 11) is 3.13. The Kier molecular flexibility index (Phi) is 5.93. The molecule has 0 aliphatic rings. The third-order valence-corrected chi connectivity index (χ3v) is 4.06. The summed E-state index contributed by atoms with van der Waals surface area (Å²) in [6, 6.07) is 12.1. The number of nitrogens with one attached hydrogen (secondary N) is 1. The van der Waals surface area contributed by atoms with Crippen molar-refractivity contribution >= 4 is 17.5 Å². The van der Waals surface area contributed by atoms with Crippen LogP contribution in [0.25, 0.3) is 11.4 Å². The molecule has 3 rings (SSSR count). The second-order valence-electron chi connectivity index (χ2n) is 5.60. The van der Waals surface area contributed by atoms with Gasteiger partial charge in [-0.1, -0.05) is 22.8 Å². The Morgan fingerprint density at radius 1 is 1.15 bits per heavy atom. The summed E-state index contributed by atoms with van der Waals surface area (Å²) in [5, 5.41) is 7.28. The molecule has 0 fully saturated rings. The number of aromatic nitrogens is 2.